The molecule has 0 saturated heterocycles. The summed E-state index contributed by atoms with van der Waals surface area (Å²) in [5.41, 5.74) is 0. The summed E-state index contributed by atoms with van der Waals surface area (Å²) in [6, 6.07) is 9.29. The molecule has 1 atom stereocenters. The molecule has 1 N–H and O–H groups in total. The first-order chi connectivity index (χ1) is 11.5. The molecule has 1 amide bonds. The molecule has 0 fully saturated rings. The molecule has 0 aliphatic carbocycles. The SMILES string of the molecule is C[C@@H](OC(=O)c1cc2cc(F)ccc2s1)C(=O)NCc1ccco1. The Bertz CT molecular complexity index is 872. The molecular weight excluding hydrogens is 333 g/mol. The van der Waals surface area contributed by atoms with Crippen molar-refractivity contribution in [3.63, 3.8) is 0 Å². The van der Waals surface area contributed by atoms with Gasteiger partial charge in [0.1, 0.15) is 16.5 Å². The number of hydrogen-bond donors (Lipinski definition) is 1. The molecule has 0 bridgehead atoms. The summed E-state index contributed by atoms with van der Waals surface area (Å²) < 4.78 is 24.2. The minimum atomic E-state index is -0.950. The summed E-state index contributed by atoms with van der Waals surface area (Å²) in [4.78, 5) is 24.4. The number of thiophene rings is 1. The number of ether oxygens (including phenoxy) is 1. The third-order valence-corrected chi connectivity index (χ3v) is 4.45. The number of carbonyl (C=O) groups is 2. The van der Waals surface area contributed by atoms with Gasteiger partial charge in [-0.3, -0.25) is 4.79 Å². The van der Waals surface area contributed by atoms with Gasteiger partial charge >= 0.3 is 5.97 Å². The van der Waals surface area contributed by atoms with Gasteiger partial charge in [0.2, 0.25) is 0 Å². The topological polar surface area (TPSA) is 68.5 Å². The van der Waals surface area contributed by atoms with Crippen molar-refractivity contribution < 1.29 is 23.1 Å². The number of hydrogen-bond acceptors (Lipinski definition) is 5. The monoisotopic (exact) mass is 347 g/mol. The number of amides is 1. The highest BCUT2D eigenvalue weighted by atomic mass is 32.1. The predicted octanol–water partition coefficient (Wildman–Crippen LogP) is 3.50. The van der Waals surface area contributed by atoms with Gasteiger partial charge in [0.25, 0.3) is 5.91 Å². The number of fused-ring (bicyclic) bond motifs is 1. The average molecular weight is 347 g/mol. The molecule has 2 heterocycles. The number of carbonyl (C=O) groups excluding carboxylic acids is 2. The van der Waals surface area contributed by atoms with Gasteiger partial charge in [0.15, 0.2) is 6.10 Å². The highest BCUT2D eigenvalue weighted by Crippen LogP contribution is 2.27. The van der Waals surface area contributed by atoms with Crippen LogP contribution in [0.3, 0.4) is 0 Å². The van der Waals surface area contributed by atoms with Crippen LogP contribution in [0.25, 0.3) is 10.1 Å². The highest BCUT2D eigenvalue weighted by Gasteiger charge is 2.20. The number of benzene rings is 1. The van der Waals surface area contributed by atoms with Crippen molar-refractivity contribution in [2.45, 2.75) is 19.6 Å². The Morgan fingerprint density at radius 3 is 2.92 bits per heavy atom. The van der Waals surface area contributed by atoms with E-state index in [2.05, 4.69) is 5.32 Å². The zero-order valence-corrected chi connectivity index (χ0v) is 13.6. The van der Waals surface area contributed by atoms with Crippen molar-refractivity contribution >= 4 is 33.3 Å². The molecule has 3 aromatic rings. The summed E-state index contributed by atoms with van der Waals surface area (Å²) in [6.45, 7) is 1.71. The van der Waals surface area contributed by atoms with E-state index in [1.54, 1.807) is 24.3 Å². The molecular formula is C17H14FNO4S. The van der Waals surface area contributed by atoms with Gasteiger partial charge in [-0.05, 0) is 48.7 Å². The molecule has 3 rings (SSSR count). The van der Waals surface area contributed by atoms with Crippen LogP contribution in [0.1, 0.15) is 22.4 Å². The Balaban J connectivity index is 1.61. The van der Waals surface area contributed by atoms with Gasteiger partial charge in [0.05, 0.1) is 12.8 Å². The fraction of sp³-hybridized carbons (Fsp3) is 0.176. The minimum absolute atomic E-state index is 0.218. The Hall–Kier alpha value is -2.67. The van der Waals surface area contributed by atoms with E-state index in [0.29, 0.717) is 16.0 Å². The maximum atomic E-state index is 13.2. The molecule has 0 aliphatic rings. The first-order valence-corrected chi connectivity index (χ1v) is 8.05. The van der Waals surface area contributed by atoms with Crippen LogP contribution in [0.5, 0.6) is 0 Å². The van der Waals surface area contributed by atoms with E-state index in [9.17, 15) is 14.0 Å². The van der Waals surface area contributed by atoms with Crippen molar-refractivity contribution in [1.82, 2.24) is 5.32 Å². The maximum absolute atomic E-state index is 13.2. The third-order valence-electron chi connectivity index (χ3n) is 3.35. The van der Waals surface area contributed by atoms with Crippen LogP contribution in [0.15, 0.2) is 47.1 Å². The lowest BCUT2D eigenvalue weighted by atomic mass is 10.2. The van der Waals surface area contributed by atoms with E-state index in [0.717, 1.165) is 4.70 Å². The van der Waals surface area contributed by atoms with Crippen LogP contribution in [0, 0.1) is 5.82 Å². The lowest BCUT2D eigenvalue weighted by Gasteiger charge is -2.12. The predicted molar refractivity (Wildman–Crippen MR) is 87.2 cm³/mol. The van der Waals surface area contributed by atoms with E-state index in [1.807, 2.05) is 0 Å². The molecule has 0 aliphatic heterocycles. The zero-order valence-electron chi connectivity index (χ0n) is 12.7. The quantitative estimate of drug-likeness (QED) is 0.717. The van der Waals surface area contributed by atoms with E-state index in [-0.39, 0.29) is 12.4 Å². The summed E-state index contributed by atoms with van der Waals surface area (Å²) in [5.74, 6) is -0.802. The fourth-order valence-electron chi connectivity index (χ4n) is 2.12. The van der Waals surface area contributed by atoms with E-state index in [1.165, 1.54) is 36.7 Å². The van der Waals surface area contributed by atoms with E-state index < -0.39 is 18.0 Å². The average Bonchev–Trinajstić information content (AvgIpc) is 3.21. The second-order valence-corrected chi connectivity index (χ2v) is 6.22. The van der Waals surface area contributed by atoms with Gasteiger partial charge in [-0.1, -0.05) is 0 Å². The second-order valence-electron chi connectivity index (χ2n) is 5.14. The van der Waals surface area contributed by atoms with Crippen LogP contribution >= 0.6 is 11.3 Å². The molecule has 7 heteroatoms. The number of halogens is 1. The molecule has 0 saturated carbocycles. The zero-order chi connectivity index (χ0) is 17.1. The molecule has 24 heavy (non-hydrogen) atoms. The van der Waals surface area contributed by atoms with Crippen LogP contribution in [-0.2, 0) is 16.1 Å². The van der Waals surface area contributed by atoms with Gasteiger partial charge in [-0.2, -0.15) is 0 Å². The molecule has 0 unspecified atom stereocenters. The maximum Gasteiger partial charge on any atom is 0.349 e. The summed E-state index contributed by atoms with van der Waals surface area (Å²) in [6.07, 6.45) is 0.560. The van der Waals surface area contributed by atoms with Crippen LogP contribution in [0.2, 0.25) is 0 Å². The highest BCUT2D eigenvalue weighted by molar-refractivity contribution is 7.20. The van der Waals surface area contributed by atoms with Crippen molar-refractivity contribution in [3.8, 4) is 0 Å². The molecule has 124 valence electrons. The van der Waals surface area contributed by atoms with Gasteiger partial charge in [-0.25, -0.2) is 9.18 Å². The minimum Gasteiger partial charge on any atom is -0.467 e. The molecule has 1 aromatic carbocycles. The summed E-state index contributed by atoms with van der Waals surface area (Å²) in [5, 5.41) is 3.25. The Morgan fingerprint density at radius 1 is 1.33 bits per heavy atom. The number of furan rings is 1. The molecule has 0 radical (unpaired) electrons. The summed E-state index contributed by atoms with van der Waals surface area (Å²) in [7, 11) is 0. The largest absolute Gasteiger partial charge is 0.467 e. The van der Waals surface area contributed by atoms with Crippen molar-refractivity contribution in [2.75, 3.05) is 0 Å². The van der Waals surface area contributed by atoms with Crippen LogP contribution < -0.4 is 5.32 Å². The van der Waals surface area contributed by atoms with Crippen molar-refractivity contribution in [3.05, 3.63) is 59.1 Å². The smallest absolute Gasteiger partial charge is 0.349 e. The lowest BCUT2D eigenvalue weighted by molar-refractivity contribution is -0.129. The second kappa shape index (κ2) is 6.84. The Morgan fingerprint density at radius 2 is 2.17 bits per heavy atom. The van der Waals surface area contributed by atoms with Gasteiger partial charge in [-0.15, -0.1) is 11.3 Å². The number of rotatable bonds is 5. The van der Waals surface area contributed by atoms with Crippen LogP contribution in [0.4, 0.5) is 4.39 Å². The molecule has 5 nitrogen and oxygen atoms in total. The summed E-state index contributed by atoms with van der Waals surface area (Å²) >= 11 is 1.19. The van der Waals surface area contributed by atoms with Gasteiger partial charge < -0.3 is 14.5 Å². The van der Waals surface area contributed by atoms with Crippen LogP contribution in [-0.4, -0.2) is 18.0 Å². The van der Waals surface area contributed by atoms with Crippen molar-refractivity contribution in [1.29, 1.82) is 0 Å². The third kappa shape index (κ3) is 3.62. The standard InChI is InChI=1S/C17H14FNO4S/c1-10(16(20)19-9-13-3-2-6-22-13)23-17(21)15-8-11-7-12(18)4-5-14(11)24-15/h2-8,10H,9H2,1H3,(H,19,20)/t10-/m1/s1. The lowest BCUT2D eigenvalue weighted by Crippen LogP contribution is -2.35. The Kier molecular flexibility index (Phi) is 4.61. The Labute approximate surface area is 141 Å². The van der Waals surface area contributed by atoms with Gasteiger partial charge in [0, 0.05) is 4.70 Å². The normalized spacial score (nSPS) is 12.1. The number of nitrogens with one attached hydrogen (secondary N) is 1. The molecule has 0 spiro atoms. The van der Waals surface area contributed by atoms with E-state index >= 15 is 0 Å². The van der Waals surface area contributed by atoms with Crippen molar-refractivity contribution in [2.24, 2.45) is 0 Å². The first kappa shape index (κ1) is 16.2. The molecule has 2 aromatic heterocycles. The fourth-order valence-corrected chi connectivity index (χ4v) is 3.04. The number of esters is 1. The van der Waals surface area contributed by atoms with E-state index in [4.69, 9.17) is 9.15 Å². The first-order valence-electron chi connectivity index (χ1n) is 7.23.